The van der Waals surface area contributed by atoms with Gasteiger partial charge in [-0.25, -0.2) is 15.2 Å². The molecule has 1 unspecified atom stereocenters. The van der Waals surface area contributed by atoms with Crippen LogP contribution in [0.25, 0.3) is 0 Å². The van der Waals surface area contributed by atoms with E-state index in [0.29, 0.717) is 77.0 Å². The van der Waals surface area contributed by atoms with Gasteiger partial charge in [-0.15, -0.1) is 11.3 Å². The number of hydrogen-bond acceptors (Lipinski definition) is 13. The Bertz CT molecular complexity index is 1450. The van der Waals surface area contributed by atoms with Crippen molar-refractivity contribution in [3.05, 3.63) is 45.9 Å². The van der Waals surface area contributed by atoms with Gasteiger partial charge in [0.2, 0.25) is 11.8 Å². The third kappa shape index (κ3) is 20.7. The van der Waals surface area contributed by atoms with Crippen LogP contribution in [0.3, 0.4) is 0 Å². The van der Waals surface area contributed by atoms with Crippen LogP contribution in [-0.2, 0) is 39.7 Å². The van der Waals surface area contributed by atoms with Gasteiger partial charge in [-0.05, 0) is 55.7 Å². The van der Waals surface area contributed by atoms with E-state index in [1.807, 2.05) is 11.8 Å². The first kappa shape index (κ1) is 50.3. The lowest BCUT2D eigenvalue weighted by atomic mass is 9.95. The lowest BCUT2D eigenvalue weighted by Gasteiger charge is -2.36. The van der Waals surface area contributed by atoms with Crippen molar-refractivity contribution in [2.24, 2.45) is 11.7 Å². The summed E-state index contributed by atoms with van der Waals surface area (Å²) in [5.74, 6) is -0.445. The SMILES string of the molecule is CCCCC(=O)N(CCC)C(C[C@@H](OCCC)c1nc(C(=O)N[C@H](CCC(=O)NNC(=O)OCCOCCOCCOCCN)Cc2ccc(O)cc2)cs1)C(C)C. The number of aromatic nitrogens is 1. The Morgan fingerprint density at radius 1 is 0.862 bits per heavy atom. The molecule has 1 heterocycles. The topological polar surface area (TPSA) is 213 Å². The molecule has 0 radical (unpaired) electrons. The normalized spacial score (nSPS) is 12.8. The third-order valence-electron chi connectivity index (χ3n) is 8.95. The summed E-state index contributed by atoms with van der Waals surface area (Å²) in [6.07, 6.45) is 3.84. The maximum absolute atomic E-state index is 13.7. The highest BCUT2D eigenvalue weighted by molar-refractivity contribution is 7.09. The van der Waals surface area contributed by atoms with Crippen LogP contribution in [0.15, 0.2) is 29.6 Å². The summed E-state index contributed by atoms with van der Waals surface area (Å²) in [5, 5.41) is 15.2. The van der Waals surface area contributed by atoms with Crippen LogP contribution in [0, 0.1) is 5.92 Å². The van der Waals surface area contributed by atoms with Crippen molar-refractivity contribution in [3.8, 4) is 5.75 Å². The molecular weight excluding hydrogens is 769 g/mol. The predicted molar refractivity (Wildman–Crippen MR) is 222 cm³/mol. The molecule has 2 rings (SSSR count). The molecule has 3 atom stereocenters. The molecule has 0 bridgehead atoms. The van der Waals surface area contributed by atoms with Gasteiger partial charge in [-0.3, -0.25) is 19.8 Å². The van der Waals surface area contributed by atoms with Crippen molar-refractivity contribution >= 4 is 35.2 Å². The molecule has 0 saturated carbocycles. The summed E-state index contributed by atoms with van der Waals surface area (Å²) in [6.45, 7) is 14.2. The fourth-order valence-electron chi connectivity index (χ4n) is 5.95. The maximum atomic E-state index is 13.7. The van der Waals surface area contributed by atoms with Crippen molar-refractivity contribution in [1.29, 1.82) is 0 Å². The number of thiazole rings is 1. The van der Waals surface area contributed by atoms with Crippen molar-refractivity contribution in [3.63, 3.8) is 0 Å². The second-order valence-electron chi connectivity index (χ2n) is 14.2. The number of amides is 4. The number of nitrogens with zero attached hydrogens (tertiary/aromatic N) is 2. The summed E-state index contributed by atoms with van der Waals surface area (Å²) in [6, 6.07) is 6.06. The molecule has 0 aliphatic rings. The molecule has 1 aromatic heterocycles. The van der Waals surface area contributed by atoms with E-state index in [4.69, 9.17) is 34.4 Å². The smallest absolute Gasteiger partial charge is 0.426 e. The summed E-state index contributed by atoms with van der Waals surface area (Å²) >= 11 is 1.35. The summed E-state index contributed by atoms with van der Waals surface area (Å²) in [7, 11) is 0. The number of hydrogen-bond donors (Lipinski definition) is 5. The zero-order valence-electron chi connectivity index (χ0n) is 35.1. The number of nitrogens with one attached hydrogen (secondary N) is 3. The van der Waals surface area contributed by atoms with Crippen LogP contribution < -0.4 is 21.9 Å². The Morgan fingerprint density at radius 2 is 1.53 bits per heavy atom. The minimum Gasteiger partial charge on any atom is -0.508 e. The van der Waals surface area contributed by atoms with E-state index in [2.05, 4.69) is 43.9 Å². The van der Waals surface area contributed by atoms with E-state index in [1.54, 1.807) is 29.6 Å². The first-order chi connectivity index (χ1) is 28.0. The number of benzene rings is 1. The Labute approximate surface area is 348 Å². The minimum absolute atomic E-state index is 0.0270. The zero-order valence-corrected chi connectivity index (χ0v) is 35.9. The molecule has 328 valence electrons. The van der Waals surface area contributed by atoms with Crippen molar-refractivity contribution in [1.82, 2.24) is 26.1 Å². The molecular formula is C41H68N6O10S. The van der Waals surface area contributed by atoms with Gasteiger partial charge in [0.1, 0.15) is 29.2 Å². The molecule has 6 N–H and O–H groups in total. The molecule has 17 heteroatoms. The van der Waals surface area contributed by atoms with E-state index in [9.17, 15) is 24.3 Å². The number of rotatable bonds is 31. The fourth-order valence-corrected chi connectivity index (χ4v) is 6.81. The van der Waals surface area contributed by atoms with Gasteiger partial charge in [0.25, 0.3) is 5.91 Å². The van der Waals surface area contributed by atoms with E-state index in [-0.39, 0.29) is 55.4 Å². The summed E-state index contributed by atoms with van der Waals surface area (Å²) in [4.78, 5) is 58.5. The molecule has 0 fully saturated rings. The quantitative estimate of drug-likeness (QED) is 0.0499. The van der Waals surface area contributed by atoms with Gasteiger partial charge in [0, 0.05) is 56.4 Å². The Morgan fingerprint density at radius 3 is 2.16 bits per heavy atom. The Kier molecular flexibility index (Phi) is 26.2. The summed E-state index contributed by atoms with van der Waals surface area (Å²) < 4.78 is 27.3. The van der Waals surface area contributed by atoms with Crippen LogP contribution in [0.5, 0.6) is 5.75 Å². The van der Waals surface area contributed by atoms with Crippen LogP contribution >= 0.6 is 11.3 Å². The Balaban J connectivity index is 2.01. The van der Waals surface area contributed by atoms with Gasteiger partial charge in [-0.2, -0.15) is 0 Å². The number of hydrazine groups is 1. The molecule has 4 amide bonds. The predicted octanol–water partition coefficient (Wildman–Crippen LogP) is 5.05. The Hall–Kier alpha value is -3.87. The largest absolute Gasteiger partial charge is 0.508 e. The molecule has 16 nitrogen and oxygen atoms in total. The van der Waals surface area contributed by atoms with Crippen molar-refractivity contribution in [2.45, 2.75) is 111 Å². The number of carbonyl (C=O) groups is 4. The van der Waals surface area contributed by atoms with E-state index >= 15 is 0 Å². The van der Waals surface area contributed by atoms with Crippen molar-refractivity contribution in [2.75, 3.05) is 65.9 Å². The van der Waals surface area contributed by atoms with Gasteiger partial charge in [0.05, 0.1) is 39.6 Å². The molecule has 0 aliphatic carbocycles. The molecule has 58 heavy (non-hydrogen) atoms. The van der Waals surface area contributed by atoms with Crippen molar-refractivity contribution < 1.29 is 48.0 Å². The lowest BCUT2D eigenvalue weighted by Crippen LogP contribution is -2.44. The zero-order chi connectivity index (χ0) is 42.5. The third-order valence-corrected chi connectivity index (χ3v) is 9.89. The number of phenols is 1. The first-order valence-corrected chi connectivity index (χ1v) is 21.5. The van der Waals surface area contributed by atoms with Crippen LogP contribution in [-0.4, -0.2) is 117 Å². The molecule has 2 aromatic rings. The molecule has 0 aliphatic heterocycles. The number of phenolic OH excluding ortho intramolecular Hbond substituents is 1. The van der Waals surface area contributed by atoms with Gasteiger partial charge < -0.3 is 44.7 Å². The number of carbonyl (C=O) groups excluding carboxylic acids is 4. The minimum atomic E-state index is -0.847. The van der Waals surface area contributed by atoms with Crippen LogP contribution in [0.1, 0.15) is 113 Å². The van der Waals surface area contributed by atoms with E-state index < -0.39 is 30.1 Å². The number of unbranched alkanes of at least 4 members (excludes halogenated alkanes) is 1. The van der Waals surface area contributed by atoms with E-state index in [0.717, 1.165) is 31.2 Å². The highest BCUT2D eigenvalue weighted by Crippen LogP contribution is 2.31. The van der Waals surface area contributed by atoms with Crippen LogP contribution in [0.2, 0.25) is 0 Å². The van der Waals surface area contributed by atoms with E-state index in [1.165, 1.54) is 11.3 Å². The summed E-state index contributed by atoms with van der Waals surface area (Å²) in [5.41, 5.74) is 11.0. The van der Waals surface area contributed by atoms with Gasteiger partial charge >= 0.3 is 6.09 Å². The highest BCUT2D eigenvalue weighted by atomic mass is 32.1. The monoisotopic (exact) mass is 836 g/mol. The van der Waals surface area contributed by atoms with Gasteiger partial charge in [0.15, 0.2) is 0 Å². The second kappa shape index (κ2) is 30.2. The average molecular weight is 837 g/mol. The number of nitrogens with two attached hydrogens (primary N) is 1. The molecule has 0 saturated heterocycles. The fraction of sp³-hybridized carbons (Fsp3) is 0.683. The number of aromatic hydroxyl groups is 1. The van der Waals surface area contributed by atoms with Crippen LogP contribution in [0.4, 0.5) is 4.79 Å². The average Bonchev–Trinajstić information content (AvgIpc) is 3.71. The second-order valence-corrected chi connectivity index (χ2v) is 15.1. The molecule has 1 aromatic carbocycles. The highest BCUT2D eigenvalue weighted by Gasteiger charge is 2.31. The number of ether oxygens (including phenoxy) is 5. The maximum Gasteiger partial charge on any atom is 0.426 e. The standard InChI is InChI=1S/C41H68N6O10S/c1-6-9-10-38(50)47(18-7-2)35(30(4)5)28-36(56-19-8-3)40-44-34(29-58-40)39(51)43-32(27-31-11-14-33(48)15-12-31)13-16-37(49)45-46-41(52)57-26-25-55-24-23-54-22-21-53-20-17-42/h11-12,14-15,29-30,32,35-36,48H,6-10,13,16-28,42H2,1-5H3,(H,43,51)(H,45,49)(H,46,52)/t32-,35?,36-/m1/s1. The van der Waals surface area contributed by atoms with Gasteiger partial charge in [-0.1, -0.05) is 53.2 Å². The first-order valence-electron chi connectivity index (χ1n) is 20.6. The molecule has 0 spiro atoms. The lowest BCUT2D eigenvalue weighted by molar-refractivity contribution is -0.135.